The molecule has 2 atom stereocenters. The van der Waals surface area contributed by atoms with Crippen molar-refractivity contribution in [3.05, 3.63) is 65.5 Å². The Morgan fingerprint density at radius 1 is 1.29 bits per heavy atom. The number of rotatable bonds is 8. The summed E-state index contributed by atoms with van der Waals surface area (Å²) in [6, 6.07) is 13.3. The van der Waals surface area contributed by atoms with Crippen molar-refractivity contribution < 1.29 is 0 Å². The SMILES string of the molecule is CCC(CCN)CNc1ccc(/C=C2\CCCN(C)C2c2cccnc2)cc1. The molecule has 28 heavy (non-hydrogen) atoms. The molecule has 3 rings (SSSR count). The minimum atomic E-state index is 0.321. The molecule has 0 saturated carbocycles. The molecule has 0 bridgehead atoms. The number of pyridine rings is 1. The van der Waals surface area contributed by atoms with Gasteiger partial charge < -0.3 is 11.1 Å². The van der Waals surface area contributed by atoms with Gasteiger partial charge in [0.15, 0.2) is 0 Å². The molecule has 0 aliphatic carbocycles. The highest BCUT2D eigenvalue weighted by Crippen LogP contribution is 2.35. The van der Waals surface area contributed by atoms with Gasteiger partial charge in [0.05, 0.1) is 6.04 Å². The topological polar surface area (TPSA) is 54.2 Å². The van der Waals surface area contributed by atoms with Crippen molar-refractivity contribution in [3.63, 3.8) is 0 Å². The molecule has 1 aliphatic rings. The van der Waals surface area contributed by atoms with Gasteiger partial charge in [-0.2, -0.15) is 0 Å². The van der Waals surface area contributed by atoms with Crippen LogP contribution in [0.2, 0.25) is 0 Å². The summed E-state index contributed by atoms with van der Waals surface area (Å²) < 4.78 is 0. The van der Waals surface area contributed by atoms with E-state index in [1.54, 1.807) is 0 Å². The number of piperidine rings is 1. The summed E-state index contributed by atoms with van der Waals surface area (Å²) in [5.41, 5.74) is 10.9. The highest BCUT2D eigenvalue weighted by atomic mass is 15.1. The summed E-state index contributed by atoms with van der Waals surface area (Å²) in [5.74, 6) is 0.643. The fourth-order valence-electron chi connectivity index (χ4n) is 4.10. The quantitative estimate of drug-likeness (QED) is 0.698. The van der Waals surface area contributed by atoms with Crippen LogP contribution in [-0.4, -0.2) is 36.6 Å². The van der Waals surface area contributed by atoms with Crippen LogP contribution >= 0.6 is 0 Å². The van der Waals surface area contributed by atoms with Gasteiger partial charge in [-0.25, -0.2) is 0 Å². The number of hydrogen-bond donors (Lipinski definition) is 2. The Labute approximate surface area is 169 Å². The van der Waals surface area contributed by atoms with Crippen LogP contribution in [0, 0.1) is 5.92 Å². The molecule has 0 radical (unpaired) electrons. The van der Waals surface area contributed by atoms with Crippen molar-refractivity contribution in [2.24, 2.45) is 11.7 Å². The van der Waals surface area contributed by atoms with Gasteiger partial charge in [0.1, 0.15) is 0 Å². The lowest BCUT2D eigenvalue weighted by Gasteiger charge is -2.35. The molecule has 1 aromatic heterocycles. The van der Waals surface area contributed by atoms with E-state index in [0.717, 1.165) is 38.9 Å². The fourth-order valence-corrected chi connectivity index (χ4v) is 4.10. The van der Waals surface area contributed by atoms with Gasteiger partial charge >= 0.3 is 0 Å². The number of likely N-dealkylation sites (tertiary alicyclic amines) is 1. The van der Waals surface area contributed by atoms with Crippen LogP contribution in [-0.2, 0) is 0 Å². The van der Waals surface area contributed by atoms with Crippen LogP contribution in [0.3, 0.4) is 0 Å². The number of nitrogens with zero attached hydrogens (tertiary/aromatic N) is 2. The normalized spacial score (nSPS) is 20.2. The fraction of sp³-hybridized carbons (Fsp3) is 0.458. The maximum Gasteiger partial charge on any atom is 0.0577 e. The summed E-state index contributed by atoms with van der Waals surface area (Å²) >= 11 is 0. The van der Waals surface area contributed by atoms with Crippen LogP contribution in [0.5, 0.6) is 0 Å². The Bertz CT molecular complexity index is 739. The number of likely N-dealkylation sites (N-methyl/N-ethyl adjacent to an activating group) is 1. The highest BCUT2D eigenvalue weighted by molar-refractivity contribution is 5.59. The maximum absolute atomic E-state index is 5.70. The van der Waals surface area contributed by atoms with Gasteiger partial charge in [0.25, 0.3) is 0 Å². The van der Waals surface area contributed by atoms with E-state index in [4.69, 9.17) is 5.73 Å². The third-order valence-corrected chi connectivity index (χ3v) is 5.78. The van der Waals surface area contributed by atoms with Crippen molar-refractivity contribution in [2.75, 3.05) is 32.0 Å². The lowest BCUT2D eigenvalue weighted by molar-refractivity contribution is 0.239. The van der Waals surface area contributed by atoms with Crippen LogP contribution in [0.4, 0.5) is 5.69 Å². The average molecular weight is 379 g/mol. The first-order chi connectivity index (χ1) is 13.7. The average Bonchev–Trinajstić information content (AvgIpc) is 2.73. The zero-order chi connectivity index (χ0) is 19.8. The van der Waals surface area contributed by atoms with Gasteiger partial charge in [0, 0.05) is 24.6 Å². The number of nitrogens with two attached hydrogens (primary N) is 1. The predicted octanol–water partition coefficient (Wildman–Crippen LogP) is 4.72. The Balaban J connectivity index is 1.71. The summed E-state index contributed by atoms with van der Waals surface area (Å²) in [4.78, 5) is 6.77. The van der Waals surface area contributed by atoms with E-state index < -0.39 is 0 Å². The van der Waals surface area contributed by atoms with E-state index in [1.165, 1.54) is 28.8 Å². The smallest absolute Gasteiger partial charge is 0.0577 e. The van der Waals surface area contributed by atoms with Crippen LogP contribution in [0.15, 0.2) is 54.4 Å². The van der Waals surface area contributed by atoms with Crippen molar-refractivity contribution in [3.8, 4) is 0 Å². The van der Waals surface area contributed by atoms with E-state index in [9.17, 15) is 0 Å². The van der Waals surface area contributed by atoms with E-state index >= 15 is 0 Å². The number of anilines is 1. The molecule has 2 aromatic rings. The number of hydrogen-bond acceptors (Lipinski definition) is 4. The third-order valence-electron chi connectivity index (χ3n) is 5.78. The van der Waals surface area contributed by atoms with Crippen LogP contribution in [0.25, 0.3) is 6.08 Å². The van der Waals surface area contributed by atoms with E-state index in [0.29, 0.717) is 12.0 Å². The number of nitrogens with one attached hydrogen (secondary N) is 1. The highest BCUT2D eigenvalue weighted by Gasteiger charge is 2.25. The summed E-state index contributed by atoms with van der Waals surface area (Å²) in [5, 5.41) is 3.56. The molecule has 4 nitrogen and oxygen atoms in total. The molecule has 2 heterocycles. The van der Waals surface area contributed by atoms with Gasteiger partial charge in [-0.1, -0.05) is 37.6 Å². The van der Waals surface area contributed by atoms with Crippen molar-refractivity contribution in [2.45, 2.75) is 38.6 Å². The Kier molecular flexibility index (Phi) is 7.63. The zero-order valence-electron chi connectivity index (χ0n) is 17.3. The van der Waals surface area contributed by atoms with Crippen LogP contribution in [0.1, 0.15) is 49.8 Å². The first kappa shape index (κ1) is 20.6. The minimum Gasteiger partial charge on any atom is -0.385 e. The molecular formula is C24H34N4. The molecule has 1 aromatic carbocycles. The summed E-state index contributed by atoms with van der Waals surface area (Å²) in [6.07, 6.45) is 10.8. The molecule has 0 amide bonds. The Morgan fingerprint density at radius 3 is 2.79 bits per heavy atom. The Morgan fingerprint density at radius 2 is 2.11 bits per heavy atom. The van der Waals surface area contributed by atoms with Gasteiger partial charge in [0.2, 0.25) is 0 Å². The minimum absolute atomic E-state index is 0.321. The van der Waals surface area contributed by atoms with E-state index in [1.807, 2.05) is 18.5 Å². The molecule has 3 N–H and O–H groups in total. The largest absolute Gasteiger partial charge is 0.385 e. The molecular weight excluding hydrogens is 344 g/mol. The molecule has 1 aliphatic heterocycles. The number of benzene rings is 1. The van der Waals surface area contributed by atoms with E-state index in [-0.39, 0.29) is 0 Å². The predicted molar refractivity (Wildman–Crippen MR) is 119 cm³/mol. The first-order valence-electron chi connectivity index (χ1n) is 10.6. The molecule has 1 fully saturated rings. The zero-order valence-corrected chi connectivity index (χ0v) is 17.3. The molecule has 0 spiro atoms. The van der Waals surface area contributed by atoms with Crippen molar-refractivity contribution >= 4 is 11.8 Å². The van der Waals surface area contributed by atoms with Gasteiger partial charge in [-0.15, -0.1) is 0 Å². The van der Waals surface area contributed by atoms with Gasteiger partial charge in [-0.3, -0.25) is 9.88 Å². The second kappa shape index (κ2) is 10.4. The molecule has 150 valence electrons. The summed E-state index contributed by atoms with van der Waals surface area (Å²) in [6.45, 7) is 5.11. The maximum atomic E-state index is 5.70. The lowest BCUT2D eigenvalue weighted by atomic mass is 9.90. The lowest BCUT2D eigenvalue weighted by Crippen LogP contribution is -2.31. The van der Waals surface area contributed by atoms with Crippen molar-refractivity contribution in [1.82, 2.24) is 9.88 Å². The number of aromatic nitrogens is 1. The second-order valence-corrected chi connectivity index (χ2v) is 7.85. The monoisotopic (exact) mass is 378 g/mol. The van der Waals surface area contributed by atoms with Gasteiger partial charge in [-0.05, 0) is 80.2 Å². The first-order valence-corrected chi connectivity index (χ1v) is 10.6. The molecule has 1 saturated heterocycles. The summed E-state index contributed by atoms with van der Waals surface area (Å²) in [7, 11) is 2.21. The standard InChI is InChI=1S/C24H34N4/c1-3-19(12-13-25)17-27-23-10-8-20(9-11-23)16-21-7-5-15-28(2)24(21)22-6-4-14-26-18-22/h4,6,8-11,14,16,18-19,24,27H,3,5,7,12-13,15,17,25H2,1-2H3/b21-16+. The molecule has 2 unspecified atom stereocenters. The third kappa shape index (κ3) is 5.43. The van der Waals surface area contributed by atoms with Crippen molar-refractivity contribution in [1.29, 1.82) is 0 Å². The van der Waals surface area contributed by atoms with E-state index in [2.05, 4.69) is 65.6 Å². The second-order valence-electron chi connectivity index (χ2n) is 7.85. The van der Waals surface area contributed by atoms with Crippen LogP contribution < -0.4 is 11.1 Å². The molecule has 4 heteroatoms. The Hall–Kier alpha value is -2.17.